The molecule has 0 fully saturated rings. The Morgan fingerprint density at radius 3 is 2.94 bits per heavy atom. The van der Waals surface area contributed by atoms with Crippen LogP contribution in [0.5, 0.6) is 0 Å². The van der Waals surface area contributed by atoms with Crippen LogP contribution in [0.3, 0.4) is 0 Å². The molecule has 0 spiro atoms. The van der Waals surface area contributed by atoms with E-state index in [1.54, 1.807) is 0 Å². The van der Waals surface area contributed by atoms with Crippen molar-refractivity contribution < 1.29 is 9.90 Å². The Labute approximate surface area is 94.2 Å². The van der Waals surface area contributed by atoms with Crippen molar-refractivity contribution in [1.82, 2.24) is 15.3 Å². The summed E-state index contributed by atoms with van der Waals surface area (Å²) in [5.74, 6) is -1.00. The minimum Gasteiger partial charge on any atom is -0.478 e. The lowest BCUT2D eigenvalue weighted by Crippen LogP contribution is -2.17. The predicted molar refractivity (Wildman–Crippen MR) is 60.1 cm³/mol. The van der Waals surface area contributed by atoms with E-state index in [0.29, 0.717) is 18.8 Å². The van der Waals surface area contributed by atoms with Crippen molar-refractivity contribution in [3.63, 3.8) is 0 Å². The van der Waals surface area contributed by atoms with Crippen molar-refractivity contribution in [3.8, 4) is 0 Å². The molecule has 0 saturated carbocycles. The number of aromatic carboxylic acids is 1. The summed E-state index contributed by atoms with van der Waals surface area (Å²) in [6, 6.07) is 0. The van der Waals surface area contributed by atoms with Gasteiger partial charge in [0.25, 0.3) is 0 Å². The van der Waals surface area contributed by atoms with Crippen LogP contribution in [0, 0.1) is 0 Å². The summed E-state index contributed by atoms with van der Waals surface area (Å²) >= 11 is 0. The number of carboxylic acid groups (broad SMARTS) is 1. The summed E-state index contributed by atoms with van der Waals surface area (Å²) in [6.07, 6.45) is 4.69. The maximum atomic E-state index is 10.8. The van der Waals surface area contributed by atoms with E-state index in [1.165, 1.54) is 18.1 Å². The number of hydrogen-bond donors (Lipinski definition) is 2. The zero-order valence-electron chi connectivity index (χ0n) is 9.40. The van der Waals surface area contributed by atoms with E-state index in [-0.39, 0.29) is 5.56 Å². The van der Waals surface area contributed by atoms with Gasteiger partial charge in [-0.25, -0.2) is 14.8 Å². The van der Waals surface area contributed by atoms with Crippen LogP contribution in [0.15, 0.2) is 24.2 Å². The van der Waals surface area contributed by atoms with E-state index in [1.807, 2.05) is 19.9 Å². The molecule has 0 radical (unpaired) electrons. The second kappa shape index (κ2) is 5.97. The molecule has 5 nitrogen and oxygen atoms in total. The quantitative estimate of drug-likeness (QED) is 0.577. The smallest absolute Gasteiger partial charge is 0.339 e. The van der Waals surface area contributed by atoms with Crippen molar-refractivity contribution in [2.75, 3.05) is 6.54 Å². The van der Waals surface area contributed by atoms with Gasteiger partial charge in [0, 0.05) is 19.3 Å². The Balaban J connectivity index is 2.60. The van der Waals surface area contributed by atoms with Gasteiger partial charge in [-0.05, 0) is 13.8 Å². The van der Waals surface area contributed by atoms with Gasteiger partial charge in [-0.15, -0.1) is 0 Å². The molecule has 0 unspecified atom stereocenters. The lowest BCUT2D eigenvalue weighted by molar-refractivity contribution is 0.0694. The third-order valence-electron chi connectivity index (χ3n) is 1.97. The van der Waals surface area contributed by atoms with Gasteiger partial charge in [-0.1, -0.05) is 11.6 Å². The van der Waals surface area contributed by atoms with Crippen molar-refractivity contribution in [2.45, 2.75) is 20.4 Å². The van der Waals surface area contributed by atoms with E-state index >= 15 is 0 Å². The van der Waals surface area contributed by atoms with Gasteiger partial charge in [-0.3, -0.25) is 0 Å². The highest BCUT2D eigenvalue weighted by atomic mass is 16.4. The molecule has 0 amide bonds. The number of nitrogens with zero attached hydrogens (tertiary/aromatic N) is 2. The molecule has 0 aliphatic rings. The standard InChI is InChI=1S/C11H15N3O2/c1-8(2)3-4-12-6-10-9(11(15)16)5-13-7-14-10/h3,5,7,12H,4,6H2,1-2H3,(H,15,16). The predicted octanol–water partition coefficient (Wildman–Crippen LogP) is 1.23. The molecular formula is C11H15N3O2. The van der Waals surface area contributed by atoms with Crippen LogP contribution in [0.2, 0.25) is 0 Å². The molecule has 1 rings (SSSR count). The maximum absolute atomic E-state index is 10.8. The van der Waals surface area contributed by atoms with Crippen molar-refractivity contribution in [1.29, 1.82) is 0 Å². The highest BCUT2D eigenvalue weighted by molar-refractivity contribution is 5.88. The number of rotatable bonds is 5. The second-order valence-corrected chi connectivity index (χ2v) is 3.60. The normalized spacial score (nSPS) is 9.88. The minimum atomic E-state index is -1.00. The van der Waals surface area contributed by atoms with Crippen LogP contribution in [-0.2, 0) is 6.54 Å². The van der Waals surface area contributed by atoms with E-state index < -0.39 is 5.97 Å². The molecule has 86 valence electrons. The fraction of sp³-hybridized carbons (Fsp3) is 0.364. The highest BCUT2D eigenvalue weighted by Gasteiger charge is 2.09. The Hall–Kier alpha value is -1.75. The van der Waals surface area contributed by atoms with Gasteiger partial charge in [0.1, 0.15) is 11.9 Å². The van der Waals surface area contributed by atoms with E-state index in [4.69, 9.17) is 5.11 Å². The topological polar surface area (TPSA) is 75.1 Å². The largest absolute Gasteiger partial charge is 0.478 e. The fourth-order valence-electron chi connectivity index (χ4n) is 1.14. The Kier molecular flexibility index (Phi) is 4.60. The van der Waals surface area contributed by atoms with Crippen molar-refractivity contribution >= 4 is 5.97 Å². The SMILES string of the molecule is CC(C)=CCNCc1ncncc1C(=O)O. The number of carbonyl (C=O) groups is 1. The summed E-state index contributed by atoms with van der Waals surface area (Å²) in [7, 11) is 0. The summed E-state index contributed by atoms with van der Waals surface area (Å²) in [5, 5.41) is 12.0. The first kappa shape index (κ1) is 12.3. The third-order valence-corrected chi connectivity index (χ3v) is 1.97. The van der Waals surface area contributed by atoms with Gasteiger partial charge in [0.15, 0.2) is 0 Å². The van der Waals surface area contributed by atoms with Gasteiger partial charge < -0.3 is 10.4 Å². The summed E-state index contributed by atoms with van der Waals surface area (Å²) < 4.78 is 0. The average molecular weight is 221 g/mol. The van der Waals surface area contributed by atoms with Crippen LogP contribution >= 0.6 is 0 Å². The van der Waals surface area contributed by atoms with Crippen LogP contribution < -0.4 is 5.32 Å². The fourth-order valence-corrected chi connectivity index (χ4v) is 1.14. The first-order valence-corrected chi connectivity index (χ1v) is 4.97. The minimum absolute atomic E-state index is 0.146. The number of aromatic nitrogens is 2. The number of hydrogen-bond acceptors (Lipinski definition) is 4. The average Bonchev–Trinajstić information content (AvgIpc) is 2.24. The zero-order chi connectivity index (χ0) is 12.0. The van der Waals surface area contributed by atoms with E-state index in [9.17, 15) is 4.79 Å². The van der Waals surface area contributed by atoms with Gasteiger partial charge in [0.2, 0.25) is 0 Å². The first-order valence-electron chi connectivity index (χ1n) is 4.97. The summed E-state index contributed by atoms with van der Waals surface area (Å²) in [6.45, 7) is 5.14. The van der Waals surface area contributed by atoms with Crippen LogP contribution in [-0.4, -0.2) is 27.6 Å². The second-order valence-electron chi connectivity index (χ2n) is 3.60. The Morgan fingerprint density at radius 1 is 1.56 bits per heavy atom. The van der Waals surface area contributed by atoms with Gasteiger partial charge >= 0.3 is 5.97 Å². The molecule has 0 saturated heterocycles. The molecule has 0 bridgehead atoms. The molecule has 0 aliphatic carbocycles. The Bertz CT molecular complexity index is 398. The molecule has 2 N–H and O–H groups in total. The molecule has 16 heavy (non-hydrogen) atoms. The molecule has 0 atom stereocenters. The van der Waals surface area contributed by atoms with E-state index in [0.717, 1.165) is 0 Å². The van der Waals surface area contributed by atoms with E-state index in [2.05, 4.69) is 15.3 Å². The monoisotopic (exact) mass is 221 g/mol. The van der Waals surface area contributed by atoms with Crippen LogP contribution in [0.25, 0.3) is 0 Å². The molecular weight excluding hydrogens is 206 g/mol. The van der Waals surface area contributed by atoms with Gasteiger partial charge in [-0.2, -0.15) is 0 Å². The van der Waals surface area contributed by atoms with Crippen LogP contribution in [0.4, 0.5) is 0 Å². The van der Waals surface area contributed by atoms with Gasteiger partial charge in [0.05, 0.1) is 5.69 Å². The summed E-state index contributed by atoms with van der Waals surface area (Å²) in [4.78, 5) is 18.5. The number of nitrogens with one attached hydrogen (secondary N) is 1. The highest BCUT2D eigenvalue weighted by Crippen LogP contribution is 2.02. The maximum Gasteiger partial charge on any atom is 0.339 e. The lowest BCUT2D eigenvalue weighted by atomic mass is 10.2. The summed E-state index contributed by atoms with van der Waals surface area (Å²) in [5.41, 5.74) is 1.87. The lowest BCUT2D eigenvalue weighted by Gasteiger charge is -2.04. The van der Waals surface area contributed by atoms with Crippen molar-refractivity contribution in [3.05, 3.63) is 35.4 Å². The molecule has 1 aromatic rings. The molecule has 0 aliphatic heterocycles. The molecule has 0 aromatic carbocycles. The van der Waals surface area contributed by atoms with Crippen molar-refractivity contribution in [2.24, 2.45) is 0 Å². The Morgan fingerprint density at radius 2 is 2.31 bits per heavy atom. The zero-order valence-corrected chi connectivity index (χ0v) is 9.40. The molecule has 5 heteroatoms. The number of carboxylic acids is 1. The number of allylic oxidation sites excluding steroid dienone is 1. The molecule has 1 aromatic heterocycles. The van der Waals surface area contributed by atoms with Crippen LogP contribution in [0.1, 0.15) is 29.9 Å². The first-order chi connectivity index (χ1) is 7.61. The third kappa shape index (κ3) is 3.78. The molecule has 1 heterocycles.